The van der Waals surface area contributed by atoms with Crippen molar-refractivity contribution in [2.75, 3.05) is 0 Å². The normalized spacial score (nSPS) is 19.0. The van der Waals surface area contributed by atoms with Gasteiger partial charge < -0.3 is 10.1 Å². The summed E-state index contributed by atoms with van der Waals surface area (Å²) >= 11 is 0. The molecule has 3 heteroatoms. The molecule has 1 N–H and O–H groups in total. The maximum Gasteiger partial charge on any atom is 0.220 e. The monoisotopic (exact) mass is 155 g/mol. The summed E-state index contributed by atoms with van der Waals surface area (Å²) in [7, 11) is 0. The summed E-state index contributed by atoms with van der Waals surface area (Å²) in [6.45, 7) is 1.68. The molecule has 0 aromatic carbocycles. The van der Waals surface area contributed by atoms with E-state index < -0.39 is 0 Å². The fourth-order valence-electron chi connectivity index (χ4n) is 0.931. The minimum absolute atomic E-state index is 0.00657. The van der Waals surface area contributed by atoms with Crippen LogP contribution in [0.1, 0.15) is 26.2 Å². The van der Waals surface area contributed by atoms with Gasteiger partial charge in [-0.2, -0.15) is 0 Å². The van der Waals surface area contributed by atoms with Crippen molar-refractivity contribution in [2.24, 2.45) is 5.92 Å². The Labute approximate surface area is 66.2 Å². The summed E-state index contributed by atoms with van der Waals surface area (Å²) < 4.78 is 0. The van der Waals surface area contributed by atoms with Crippen LogP contribution in [0, 0.1) is 5.92 Å². The van der Waals surface area contributed by atoms with Gasteiger partial charge in [-0.25, -0.2) is 0 Å². The van der Waals surface area contributed by atoms with E-state index in [0.717, 1.165) is 6.29 Å². The first-order valence-corrected chi connectivity index (χ1v) is 3.97. The van der Waals surface area contributed by atoms with E-state index in [9.17, 15) is 9.59 Å². The van der Waals surface area contributed by atoms with Crippen molar-refractivity contribution >= 4 is 12.2 Å². The van der Waals surface area contributed by atoms with Gasteiger partial charge in [0.2, 0.25) is 5.91 Å². The zero-order chi connectivity index (χ0) is 8.27. The van der Waals surface area contributed by atoms with Gasteiger partial charge in [0.05, 0.1) is 6.04 Å². The van der Waals surface area contributed by atoms with Crippen LogP contribution in [-0.2, 0) is 9.59 Å². The third kappa shape index (κ3) is 3.16. The lowest BCUT2D eigenvalue weighted by molar-refractivity contribution is -0.124. The van der Waals surface area contributed by atoms with Crippen molar-refractivity contribution in [1.82, 2.24) is 5.32 Å². The molecule has 62 valence electrons. The molecular weight excluding hydrogens is 142 g/mol. The Morgan fingerprint density at radius 2 is 2.36 bits per heavy atom. The van der Waals surface area contributed by atoms with Gasteiger partial charge in [-0.3, -0.25) is 4.79 Å². The second-order valence-electron chi connectivity index (χ2n) is 3.14. The van der Waals surface area contributed by atoms with E-state index in [-0.39, 0.29) is 11.9 Å². The summed E-state index contributed by atoms with van der Waals surface area (Å²) in [6, 6.07) is -0.332. The Morgan fingerprint density at radius 3 is 2.82 bits per heavy atom. The van der Waals surface area contributed by atoms with Gasteiger partial charge in [0, 0.05) is 6.42 Å². The van der Waals surface area contributed by atoms with Crippen LogP contribution in [0.2, 0.25) is 0 Å². The van der Waals surface area contributed by atoms with E-state index in [2.05, 4.69) is 5.32 Å². The zero-order valence-electron chi connectivity index (χ0n) is 6.67. The van der Waals surface area contributed by atoms with Crippen LogP contribution in [0.15, 0.2) is 0 Å². The fraction of sp³-hybridized carbons (Fsp3) is 0.750. The van der Waals surface area contributed by atoms with E-state index in [1.54, 1.807) is 6.92 Å². The number of aldehydes is 1. The summed E-state index contributed by atoms with van der Waals surface area (Å²) in [4.78, 5) is 21.1. The molecule has 1 rings (SSSR count). The minimum atomic E-state index is -0.332. The van der Waals surface area contributed by atoms with E-state index in [4.69, 9.17) is 0 Å². The van der Waals surface area contributed by atoms with Crippen molar-refractivity contribution in [3.63, 3.8) is 0 Å². The first-order valence-electron chi connectivity index (χ1n) is 3.97. The molecular formula is C8H13NO2. The number of amides is 1. The molecule has 0 aromatic rings. The van der Waals surface area contributed by atoms with Crippen molar-refractivity contribution in [3.05, 3.63) is 0 Å². The zero-order valence-corrected chi connectivity index (χ0v) is 6.67. The van der Waals surface area contributed by atoms with Gasteiger partial charge in [-0.15, -0.1) is 0 Å². The van der Waals surface area contributed by atoms with Crippen LogP contribution in [0.4, 0.5) is 0 Å². The van der Waals surface area contributed by atoms with Gasteiger partial charge in [0.15, 0.2) is 0 Å². The number of carbonyl (C=O) groups excluding carboxylic acids is 2. The van der Waals surface area contributed by atoms with Crippen LogP contribution in [-0.4, -0.2) is 18.2 Å². The summed E-state index contributed by atoms with van der Waals surface area (Å²) in [5.74, 6) is 0.598. The molecule has 0 bridgehead atoms. The highest BCUT2D eigenvalue weighted by Crippen LogP contribution is 2.32. The molecule has 0 radical (unpaired) electrons. The maximum absolute atomic E-state index is 11.0. The van der Waals surface area contributed by atoms with Crippen LogP contribution >= 0.6 is 0 Å². The Kier molecular flexibility index (Phi) is 2.63. The maximum atomic E-state index is 11.0. The average Bonchev–Trinajstić information content (AvgIpc) is 2.71. The van der Waals surface area contributed by atoms with Gasteiger partial charge >= 0.3 is 0 Å². The van der Waals surface area contributed by atoms with Crippen molar-refractivity contribution in [1.29, 1.82) is 0 Å². The smallest absolute Gasteiger partial charge is 0.220 e. The predicted octanol–water partition coefficient (Wildman–Crippen LogP) is 0.490. The Balaban J connectivity index is 2.13. The van der Waals surface area contributed by atoms with E-state index in [0.29, 0.717) is 12.3 Å². The summed E-state index contributed by atoms with van der Waals surface area (Å²) in [6.07, 6.45) is 3.68. The molecule has 0 saturated heterocycles. The molecule has 0 unspecified atom stereocenters. The second kappa shape index (κ2) is 3.51. The molecule has 3 nitrogen and oxygen atoms in total. The minimum Gasteiger partial charge on any atom is -0.347 e. The molecule has 1 fully saturated rings. The van der Waals surface area contributed by atoms with Crippen LogP contribution < -0.4 is 5.32 Å². The lowest BCUT2D eigenvalue weighted by Crippen LogP contribution is -2.33. The number of hydrogen-bond acceptors (Lipinski definition) is 2. The molecule has 1 aliphatic rings. The molecule has 1 amide bonds. The van der Waals surface area contributed by atoms with Crippen molar-refractivity contribution in [3.8, 4) is 0 Å². The number of nitrogens with one attached hydrogen (secondary N) is 1. The highest BCUT2D eigenvalue weighted by molar-refractivity contribution is 5.79. The number of carbonyl (C=O) groups is 2. The highest BCUT2D eigenvalue weighted by Gasteiger charge is 2.24. The molecule has 1 atom stereocenters. The van der Waals surface area contributed by atoms with Crippen LogP contribution in [0.5, 0.6) is 0 Å². The summed E-state index contributed by atoms with van der Waals surface area (Å²) in [5, 5.41) is 2.59. The molecule has 11 heavy (non-hydrogen) atoms. The van der Waals surface area contributed by atoms with Gasteiger partial charge in [-0.05, 0) is 25.7 Å². The van der Waals surface area contributed by atoms with Crippen molar-refractivity contribution < 1.29 is 9.59 Å². The van der Waals surface area contributed by atoms with Gasteiger partial charge in [-0.1, -0.05) is 0 Å². The molecule has 0 heterocycles. The predicted molar refractivity (Wildman–Crippen MR) is 41.0 cm³/mol. The SMILES string of the molecule is C[C@@H](C=O)NC(=O)CC1CC1. The van der Waals surface area contributed by atoms with E-state index in [1.807, 2.05) is 0 Å². The molecule has 0 aromatic heterocycles. The lowest BCUT2D eigenvalue weighted by atomic mass is 10.2. The third-order valence-corrected chi connectivity index (χ3v) is 1.76. The molecule has 0 aliphatic heterocycles. The van der Waals surface area contributed by atoms with Gasteiger partial charge in [0.1, 0.15) is 6.29 Å². The number of rotatable bonds is 4. The molecule has 1 aliphatic carbocycles. The fourth-order valence-corrected chi connectivity index (χ4v) is 0.931. The Bertz CT molecular complexity index is 163. The standard InChI is InChI=1S/C8H13NO2/c1-6(5-10)9-8(11)4-7-2-3-7/h5-7H,2-4H2,1H3,(H,9,11)/t6-/m0/s1. The second-order valence-corrected chi connectivity index (χ2v) is 3.14. The Morgan fingerprint density at radius 1 is 1.73 bits per heavy atom. The van der Waals surface area contributed by atoms with Crippen LogP contribution in [0.25, 0.3) is 0 Å². The largest absolute Gasteiger partial charge is 0.347 e. The van der Waals surface area contributed by atoms with E-state index >= 15 is 0 Å². The van der Waals surface area contributed by atoms with E-state index in [1.165, 1.54) is 12.8 Å². The van der Waals surface area contributed by atoms with Gasteiger partial charge in [0.25, 0.3) is 0 Å². The van der Waals surface area contributed by atoms with Crippen molar-refractivity contribution in [2.45, 2.75) is 32.2 Å². The highest BCUT2D eigenvalue weighted by atomic mass is 16.2. The first-order chi connectivity index (χ1) is 5.22. The van der Waals surface area contributed by atoms with Crippen LogP contribution in [0.3, 0.4) is 0 Å². The molecule has 1 saturated carbocycles. The topological polar surface area (TPSA) is 46.2 Å². The quantitative estimate of drug-likeness (QED) is 0.600. The Hall–Kier alpha value is -0.860. The first kappa shape index (κ1) is 8.24. The number of hydrogen-bond donors (Lipinski definition) is 1. The lowest BCUT2D eigenvalue weighted by Gasteiger charge is -2.05. The molecule has 0 spiro atoms. The summed E-state index contributed by atoms with van der Waals surface area (Å²) in [5.41, 5.74) is 0. The average molecular weight is 155 g/mol. The third-order valence-electron chi connectivity index (χ3n) is 1.76.